The zero-order chi connectivity index (χ0) is 12.4. The van der Waals surface area contributed by atoms with Crippen LogP contribution in [0.4, 0.5) is 5.69 Å². The van der Waals surface area contributed by atoms with Crippen molar-refractivity contribution in [3.8, 4) is 0 Å². The molecule has 1 unspecified atom stereocenters. The third-order valence-electron chi connectivity index (χ3n) is 2.88. The Kier molecular flexibility index (Phi) is 3.44. The summed E-state index contributed by atoms with van der Waals surface area (Å²) in [5.74, 6) is -1.13. The molecule has 1 saturated heterocycles. The van der Waals surface area contributed by atoms with Crippen LogP contribution in [0.2, 0.25) is 0 Å². The maximum atomic E-state index is 11.9. The number of nitrogens with zero attached hydrogens (tertiary/aromatic N) is 1. The highest BCUT2D eigenvalue weighted by Gasteiger charge is 2.27. The largest absolute Gasteiger partial charge is 0.477 e. The number of aromatic carboxylic acids is 1. The molecule has 1 fully saturated rings. The molecule has 5 nitrogen and oxygen atoms in total. The molecule has 0 bridgehead atoms. The maximum Gasteiger partial charge on any atom is 0.348 e. The summed E-state index contributed by atoms with van der Waals surface area (Å²) in [6, 6.07) is 1.63. The van der Waals surface area contributed by atoms with Crippen molar-refractivity contribution in [1.82, 2.24) is 4.90 Å². The monoisotopic (exact) mass is 254 g/mol. The first-order chi connectivity index (χ1) is 8.08. The molecule has 1 atom stereocenters. The van der Waals surface area contributed by atoms with Crippen LogP contribution in [0, 0.1) is 5.92 Å². The number of carbonyl (C=O) groups is 2. The van der Waals surface area contributed by atoms with Crippen molar-refractivity contribution in [2.75, 3.05) is 25.5 Å². The summed E-state index contributed by atoms with van der Waals surface area (Å²) in [4.78, 5) is 25.1. The van der Waals surface area contributed by atoms with Crippen molar-refractivity contribution in [1.29, 1.82) is 0 Å². The van der Waals surface area contributed by atoms with Crippen LogP contribution < -0.4 is 5.32 Å². The summed E-state index contributed by atoms with van der Waals surface area (Å²) in [7, 11) is 1.97. The van der Waals surface area contributed by atoms with E-state index in [1.54, 1.807) is 11.4 Å². The summed E-state index contributed by atoms with van der Waals surface area (Å²) in [5.41, 5.74) is 0.405. The molecule has 92 valence electrons. The highest BCUT2D eigenvalue weighted by atomic mass is 32.1. The standard InChI is InChI=1S/C11H14N2O3S/c1-13-4-2-7(6-13)10(14)12-8-3-5-17-9(8)11(15)16/h3,5,7H,2,4,6H2,1H3,(H,12,14)(H,15,16). The van der Waals surface area contributed by atoms with Gasteiger partial charge in [0.2, 0.25) is 5.91 Å². The molecular formula is C11H14N2O3S. The van der Waals surface area contributed by atoms with Gasteiger partial charge in [0.1, 0.15) is 4.88 Å². The van der Waals surface area contributed by atoms with E-state index in [0.29, 0.717) is 5.69 Å². The number of carboxylic acid groups (broad SMARTS) is 1. The van der Waals surface area contributed by atoms with E-state index in [9.17, 15) is 9.59 Å². The Hall–Kier alpha value is -1.40. The molecule has 0 spiro atoms. The van der Waals surface area contributed by atoms with Gasteiger partial charge in [0.15, 0.2) is 0 Å². The van der Waals surface area contributed by atoms with E-state index in [-0.39, 0.29) is 16.7 Å². The summed E-state index contributed by atoms with van der Waals surface area (Å²) in [5, 5.41) is 13.3. The summed E-state index contributed by atoms with van der Waals surface area (Å²) < 4.78 is 0. The topological polar surface area (TPSA) is 69.6 Å². The lowest BCUT2D eigenvalue weighted by Gasteiger charge is -2.10. The Morgan fingerprint density at radius 2 is 2.35 bits per heavy atom. The van der Waals surface area contributed by atoms with Crippen molar-refractivity contribution in [2.45, 2.75) is 6.42 Å². The fourth-order valence-corrected chi connectivity index (χ4v) is 2.64. The molecule has 1 aromatic rings. The number of amides is 1. The zero-order valence-electron chi connectivity index (χ0n) is 9.47. The van der Waals surface area contributed by atoms with Crippen molar-refractivity contribution in [2.24, 2.45) is 5.92 Å². The third-order valence-corrected chi connectivity index (χ3v) is 3.78. The highest BCUT2D eigenvalue weighted by molar-refractivity contribution is 7.12. The number of thiophene rings is 1. The fraction of sp³-hybridized carbons (Fsp3) is 0.455. The predicted molar refractivity (Wildman–Crippen MR) is 65.5 cm³/mol. The Morgan fingerprint density at radius 3 is 2.94 bits per heavy atom. The second-order valence-electron chi connectivity index (χ2n) is 4.21. The molecular weight excluding hydrogens is 240 g/mol. The van der Waals surface area contributed by atoms with E-state index >= 15 is 0 Å². The first kappa shape index (κ1) is 12.1. The Bertz CT molecular complexity index is 444. The van der Waals surface area contributed by atoms with Gasteiger partial charge in [-0.3, -0.25) is 4.79 Å². The number of nitrogens with one attached hydrogen (secondary N) is 1. The molecule has 0 saturated carbocycles. The van der Waals surface area contributed by atoms with E-state index in [1.165, 1.54) is 0 Å². The maximum absolute atomic E-state index is 11.9. The minimum atomic E-state index is -1.00. The number of anilines is 1. The van der Waals surface area contributed by atoms with Gasteiger partial charge < -0.3 is 15.3 Å². The number of carbonyl (C=O) groups excluding carboxylic acids is 1. The van der Waals surface area contributed by atoms with Crippen LogP contribution in [-0.4, -0.2) is 42.0 Å². The molecule has 1 aliphatic rings. The Labute approximate surface area is 103 Å². The Morgan fingerprint density at radius 1 is 1.59 bits per heavy atom. The molecule has 6 heteroatoms. The summed E-state index contributed by atoms with van der Waals surface area (Å²) in [6.07, 6.45) is 0.828. The average Bonchev–Trinajstić information content (AvgIpc) is 2.86. The molecule has 17 heavy (non-hydrogen) atoms. The van der Waals surface area contributed by atoms with Gasteiger partial charge in [0.05, 0.1) is 11.6 Å². The van der Waals surface area contributed by atoms with Gasteiger partial charge in [-0.2, -0.15) is 0 Å². The number of rotatable bonds is 3. The minimum absolute atomic E-state index is 0.0402. The van der Waals surface area contributed by atoms with Crippen LogP contribution in [0.3, 0.4) is 0 Å². The van der Waals surface area contributed by atoms with E-state index in [2.05, 4.69) is 10.2 Å². The van der Waals surface area contributed by atoms with Gasteiger partial charge in [-0.15, -0.1) is 11.3 Å². The van der Waals surface area contributed by atoms with Gasteiger partial charge in [0.25, 0.3) is 0 Å². The van der Waals surface area contributed by atoms with Gasteiger partial charge >= 0.3 is 5.97 Å². The SMILES string of the molecule is CN1CCC(C(=O)Nc2ccsc2C(=O)O)C1. The second-order valence-corrected chi connectivity index (χ2v) is 5.12. The molecule has 1 aromatic heterocycles. The molecule has 1 aliphatic heterocycles. The molecule has 0 aliphatic carbocycles. The molecule has 2 heterocycles. The third kappa shape index (κ3) is 2.65. The molecule has 2 N–H and O–H groups in total. The fourth-order valence-electron chi connectivity index (χ4n) is 1.96. The quantitative estimate of drug-likeness (QED) is 0.854. The lowest BCUT2D eigenvalue weighted by Crippen LogP contribution is -2.25. The predicted octanol–water partition coefficient (Wildman–Crippen LogP) is 1.34. The van der Waals surface area contributed by atoms with E-state index in [4.69, 9.17) is 5.11 Å². The zero-order valence-corrected chi connectivity index (χ0v) is 10.3. The lowest BCUT2D eigenvalue weighted by atomic mass is 10.1. The van der Waals surface area contributed by atoms with Gasteiger partial charge in [0, 0.05) is 6.54 Å². The van der Waals surface area contributed by atoms with Crippen LogP contribution in [0.15, 0.2) is 11.4 Å². The van der Waals surface area contributed by atoms with E-state index < -0.39 is 5.97 Å². The van der Waals surface area contributed by atoms with Crippen molar-refractivity contribution in [3.63, 3.8) is 0 Å². The molecule has 0 radical (unpaired) electrons. The lowest BCUT2D eigenvalue weighted by molar-refractivity contribution is -0.119. The van der Waals surface area contributed by atoms with Crippen molar-refractivity contribution >= 4 is 28.9 Å². The van der Waals surface area contributed by atoms with Crippen LogP contribution in [0.1, 0.15) is 16.1 Å². The summed E-state index contributed by atoms with van der Waals surface area (Å²) in [6.45, 7) is 1.64. The van der Waals surface area contributed by atoms with E-state index in [0.717, 1.165) is 30.8 Å². The van der Waals surface area contributed by atoms with Crippen LogP contribution in [0.5, 0.6) is 0 Å². The van der Waals surface area contributed by atoms with Crippen LogP contribution in [0.25, 0.3) is 0 Å². The number of carboxylic acids is 1. The molecule has 0 aromatic carbocycles. The van der Waals surface area contributed by atoms with Crippen LogP contribution >= 0.6 is 11.3 Å². The first-order valence-corrected chi connectivity index (χ1v) is 6.26. The van der Waals surface area contributed by atoms with Crippen molar-refractivity contribution < 1.29 is 14.7 Å². The van der Waals surface area contributed by atoms with E-state index in [1.807, 2.05) is 7.05 Å². The van der Waals surface area contributed by atoms with Gasteiger partial charge in [-0.25, -0.2) is 4.79 Å². The second kappa shape index (κ2) is 4.85. The number of likely N-dealkylation sites (tertiary alicyclic amines) is 1. The number of hydrogen-bond donors (Lipinski definition) is 2. The van der Waals surface area contributed by atoms with Crippen molar-refractivity contribution in [3.05, 3.63) is 16.3 Å². The first-order valence-electron chi connectivity index (χ1n) is 5.38. The Balaban J connectivity index is 2.03. The highest BCUT2D eigenvalue weighted by Crippen LogP contribution is 2.24. The summed E-state index contributed by atoms with van der Waals surface area (Å²) >= 11 is 1.12. The normalized spacial score (nSPS) is 20.4. The molecule has 2 rings (SSSR count). The molecule has 1 amide bonds. The van der Waals surface area contributed by atoms with Gasteiger partial charge in [-0.1, -0.05) is 0 Å². The van der Waals surface area contributed by atoms with Gasteiger partial charge in [-0.05, 0) is 31.5 Å². The van der Waals surface area contributed by atoms with Crippen LogP contribution in [-0.2, 0) is 4.79 Å². The smallest absolute Gasteiger partial charge is 0.348 e. The number of hydrogen-bond acceptors (Lipinski definition) is 4. The minimum Gasteiger partial charge on any atom is -0.477 e. The average molecular weight is 254 g/mol.